The van der Waals surface area contributed by atoms with E-state index >= 15 is 0 Å². The topological polar surface area (TPSA) is 80.3 Å². The van der Waals surface area contributed by atoms with Crippen LogP contribution in [-0.2, 0) is 9.53 Å². The highest BCUT2D eigenvalue weighted by Crippen LogP contribution is 2.50. The number of carbonyl (C=O) groups is 2. The molecule has 35 heavy (non-hydrogen) atoms. The fourth-order valence-corrected chi connectivity index (χ4v) is 6.39. The number of fused-ring (bicyclic) bond motifs is 2. The summed E-state index contributed by atoms with van der Waals surface area (Å²) >= 11 is 0. The lowest BCUT2D eigenvalue weighted by Gasteiger charge is -2.47. The van der Waals surface area contributed by atoms with Crippen LogP contribution in [0.1, 0.15) is 38.3 Å². The van der Waals surface area contributed by atoms with Crippen molar-refractivity contribution in [2.24, 2.45) is 29.6 Å². The van der Waals surface area contributed by atoms with Gasteiger partial charge in [-0.15, -0.1) is 0 Å². The predicted octanol–water partition coefficient (Wildman–Crippen LogP) is 4.81. The van der Waals surface area contributed by atoms with E-state index in [1.807, 2.05) is 18.2 Å². The number of amides is 2. The molecule has 2 saturated carbocycles. The molecule has 1 aliphatic heterocycles. The van der Waals surface area contributed by atoms with Gasteiger partial charge in [0, 0.05) is 30.3 Å². The summed E-state index contributed by atoms with van der Waals surface area (Å²) in [7, 11) is 0. The van der Waals surface area contributed by atoms with Gasteiger partial charge in [0.1, 0.15) is 5.82 Å². The van der Waals surface area contributed by atoms with Gasteiger partial charge in [0.2, 0.25) is 5.91 Å². The van der Waals surface area contributed by atoms with E-state index in [1.54, 1.807) is 19.2 Å². The summed E-state index contributed by atoms with van der Waals surface area (Å²) in [5, 5.41) is 6.09. The Hall–Kier alpha value is -3.22. The molecule has 2 aliphatic carbocycles. The van der Waals surface area contributed by atoms with Gasteiger partial charge >= 0.3 is 6.09 Å². The minimum absolute atomic E-state index is 0.0237. The molecule has 5 rings (SSSR count). The van der Waals surface area contributed by atoms with Gasteiger partial charge < -0.3 is 15.4 Å². The number of aromatic nitrogens is 1. The Morgan fingerprint density at radius 3 is 2.86 bits per heavy atom. The standard InChI is InChI=1S/C28H32FN3O3/c1-2-35-28(34)32-22-9-10-23-19(13-22)14-25-26(16-31-27(25)33)24(23)11-8-21-7-6-18(15-30-21)17-4-3-5-20(29)12-17/h3-8,11-12,15,19,22-26H,2,9-10,13-14,16H2,1H3,(H,31,33)(H,32,34)/b11-8+/t19-,22-,23+,24-,25+,26-/m0/s1. The molecule has 0 radical (unpaired) electrons. The van der Waals surface area contributed by atoms with Crippen LogP contribution in [0.2, 0.25) is 0 Å². The molecular formula is C28H32FN3O3. The zero-order valence-electron chi connectivity index (χ0n) is 20.0. The number of rotatable bonds is 5. The number of benzene rings is 1. The van der Waals surface area contributed by atoms with Gasteiger partial charge in [-0.3, -0.25) is 9.78 Å². The molecule has 1 aromatic carbocycles. The Bertz CT molecular complexity index is 1100. The molecule has 6 nitrogen and oxygen atoms in total. The Morgan fingerprint density at radius 1 is 1.20 bits per heavy atom. The second-order valence-electron chi connectivity index (χ2n) is 9.97. The molecule has 2 heterocycles. The first-order valence-corrected chi connectivity index (χ1v) is 12.6. The van der Waals surface area contributed by atoms with Crippen molar-refractivity contribution < 1.29 is 18.7 Å². The summed E-state index contributed by atoms with van der Waals surface area (Å²) in [5.74, 6) is 1.36. The fraction of sp³-hybridized carbons (Fsp3) is 0.464. The van der Waals surface area contributed by atoms with Gasteiger partial charge in [-0.25, -0.2) is 9.18 Å². The van der Waals surface area contributed by atoms with Crippen molar-refractivity contribution in [1.82, 2.24) is 15.6 Å². The van der Waals surface area contributed by atoms with E-state index in [0.29, 0.717) is 24.4 Å². The molecule has 0 bridgehead atoms. The van der Waals surface area contributed by atoms with Crippen LogP contribution in [0, 0.1) is 35.4 Å². The summed E-state index contributed by atoms with van der Waals surface area (Å²) in [5.41, 5.74) is 2.52. The van der Waals surface area contributed by atoms with E-state index in [9.17, 15) is 14.0 Å². The zero-order valence-corrected chi connectivity index (χ0v) is 20.0. The van der Waals surface area contributed by atoms with Crippen molar-refractivity contribution in [3.63, 3.8) is 0 Å². The van der Waals surface area contributed by atoms with Gasteiger partial charge in [0.15, 0.2) is 0 Å². The SMILES string of the molecule is CCOC(=O)N[C@H]1CC[C@@H]2[C@@H](C1)C[C@H]1C(=O)NC[C@H]1[C@H]2/C=C/c1ccc(-c2cccc(F)c2)cn1. The number of nitrogens with one attached hydrogen (secondary N) is 2. The van der Waals surface area contributed by atoms with Gasteiger partial charge in [-0.1, -0.05) is 24.3 Å². The molecule has 1 saturated heterocycles. The number of carbonyl (C=O) groups excluding carboxylic acids is 2. The van der Waals surface area contributed by atoms with Crippen LogP contribution in [0.5, 0.6) is 0 Å². The molecule has 0 unspecified atom stereocenters. The lowest BCUT2D eigenvalue weighted by atomic mass is 9.58. The van der Waals surface area contributed by atoms with Crippen LogP contribution < -0.4 is 10.6 Å². The molecule has 2 amide bonds. The predicted molar refractivity (Wildman–Crippen MR) is 132 cm³/mol. The van der Waals surface area contributed by atoms with Gasteiger partial charge in [0.25, 0.3) is 0 Å². The largest absolute Gasteiger partial charge is 0.450 e. The van der Waals surface area contributed by atoms with E-state index < -0.39 is 0 Å². The molecular weight excluding hydrogens is 445 g/mol. The normalized spacial score (nSPS) is 29.8. The Morgan fingerprint density at radius 2 is 2.09 bits per heavy atom. The first-order chi connectivity index (χ1) is 17.0. The number of ether oxygens (including phenoxy) is 1. The molecule has 3 aliphatic rings. The maximum Gasteiger partial charge on any atom is 0.407 e. The summed E-state index contributed by atoms with van der Waals surface area (Å²) in [4.78, 5) is 29.1. The number of halogens is 1. The van der Waals surface area contributed by atoms with Crippen LogP contribution >= 0.6 is 0 Å². The summed E-state index contributed by atoms with van der Waals surface area (Å²) in [6.07, 6.45) is 9.42. The van der Waals surface area contributed by atoms with Gasteiger partial charge in [0.05, 0.1) is 12.3 Å². The van der Waals surface area contributed by atoms with E-state index in [0.717, 1.165) is 49.0 Å². The number of hydrogen-bond donors (Lipinski definition) is 2. The van der Waals surface area contributed by atoms with Crippen molar-refractivity contribution in [3.05, 3.63) is 60.2 Å². The number of hydrogen-bond acceptors (Lipinski definition) is 4. The smallest absolute Gasteiger partial charge is 0.407 e. The summed E-state index contributed by atoms with van der Waals surface area (Å²) in [6.45, 7) is 2.88. The van der Waals surface area contributed by atoms with Crippen LogP contribution in [0.25, 0.3) is 17.2 Å². The van der Waals surface area contributed by atoms with E-state index in [4.69, 9.17) is 4.74 Å². The molecule has 2 N–H and O–H groups in total. The zero-order chi connectivity index (χ0) is 24.4. The molecule has 7 heteroatoms. The molecule has 6 atom stereocenters. The molecule has 1 aromatic heterocycles. The number of allylic oxidation sites excluding steroid dienone is 1. The second-order valence-corrected chi connectivity index (χ2v) is 9.97. The maximum atomic E-state index is 13.6. The van der Waals surface area contributed by atoms with E-state index in [1.165, 1.54) is 12.1 Å². The molecule has 2 aromatic rings. The van der Waals surface area contributed by atoms with E-state index in [2.05, 4.69) is 27.8 Å². The lowest BCUT2D eigenvalue weighted by Crippen LogP contribution is -2.47. The lowest BCUT2D eigenvalue weighted by molar-refractivity contribution is -0.125. The van der Waals surface area contributed by atoms with Crippen LogP contribution in [0.4, 0.5) is 9.18 Å². The number of alkyl carbamates (subject to hydrolysis) is 1. The quantitative estimate of drug-likeness (QED) is 0.648. The average molecular weight is 478 g/mol. The maximum absolute atomic E-state index is 13.6. The third-order valence-electron chi connectivity index (χ3n) is 7.98. The number of pyridine rings is 1. The van der Waals surface area contributed by atoms with Crippen LogP contribution in [0.3, 0.4) is 0 Å². The molecule has 184 valence electrons. The van der Waals surface area contributed by atoms with Crippen LogP contribution in [-0.4, -0.2) is 36.2 Å². The van der Waals surface area contributed by atoms with E-state index in [-0.39, 0.29) is 35.7 Å². The Balaban J connectivity index is 1.31. The van der Waals surface area contributed by atoms with Crippen molar-refractivity contribution in [1.29, 1.82) is 0 Å². The third kappa shape index (κ3) is 5.09. The highest BCUT2D eigenvalue weighted by Gasteiger charge is 2.50. The van der Waals surface area contributed by atoms with Gasteiger partial charge in [-0.05, 0) is 86.1 Å². The highest BCUT2D eigenvalue weighted by atomic mass is 19.1. The number of nitrogens with zero attached hydrogens (tertiary/aromatic N) is 1. The minimum atomic E-state index is -0.354. The highest BCUT2D eigenvalue weighted by molar-refractivity contribution is 5.81. The first kappa shape index (κ1) is 23.5. The summed E-state index contributed by atoms with van der Waals surface area (Å²) in [6, 6.07) is 10.5. The molecule has 0 spiro atoms. The van der Waals surface area contributed by atoms with Crippen LogP contribution in [0.15, 0.2) is 48.7 Å². The van der Waals surface area contributed by atoms with Crippen molar-refractivity contribution in [2.75, 3.05) is 13.2 Å². The fourth-order valence-electron chi connectivity index (χ4n) is 6.39. The minimum Gasteiger partial charge on any atom is -0.450 e. The van der Waals surface area contributed by atoms with Crippen molar-refractivity contribution >= 4 is 18.1 Å². The van der Waals surface area contributed by atoms with Crippen molar-refractivity contribution in [2.45, 2.75) is 38.6 Å². The Labute approximate surface area is 205 Å². The Kier molecular flexibility index (Phi) is 6.84. The average Bonchev–Trinajstić information content (AvgIpc) is 3.22. The second kappa shape index (κ2) is 10.2. The summed E-state index contributed by atoms with van der Waals surface area (Å²) < 4.78 is 18.6. The third-order valence-corrected chi connectivity index (χ3v) is 7.98. The first-order valence-electron chi connectivity index (χ1n) is 12.6. The molecule has 3 fully saturated rings. The van der Waals surface area contributed by atoms with Gasteiger partial charge in [-0.2, -0.15) is 0 Å². The van der Waals surface area contributed by atoms with Crippen molar-refractivity contribution in [3.8, 4) is 11.1 Å². The monoisotopic (exact) mass is 477 g/mol.